The quantitative estimate of drug-likeness (QED) is 0.289. The molecular formula is C25H23FO2. The summed E-state index contributed by atoms with van der Waals surface area (Å²) >= 11 is 0. The molecule has 28 heavy (non-hydrogen) atoms. The molecule has 0 aliphatic heterocycles. The molecule has 1 aromatic heterocycles. The number of halogens is 1. The van der Waals surface area contributed by atoms with Crippen molar-refractivity contribution < 1.29 is 8.81 Å². The van der Waals surface area contributed by atoms with E-state index in [0.29, 0.717) is 22.8 Å². The fourth-order valence-electron chi connectivity index (χ4n) is 3.70. The van der Waals surface area contributed by atoms with E-state index in [-0.39, 0.29) is 5.58 Å². The molecule has 0 bridgehead atoms. The van der Waals surface area contributed by atoms with Gasteiger partial charge in [-0.05, 0) is 47.6 Å². The van der Waals surface area contributed by atoms with Crippen molar-refractivity contribution in [2.75, 3.05) is 0 Å². The molecular weight excluding hydrogens is 351 g/mol. The second kappa shape index (κ2) is 7.59. The summed E-state index contributed by atoms with van der Waals surface area (Å²) in [5.74, 6) is -0.439. The van der Waals surface area contributed by atoms with Crippen molar-refractivity contribution in [2.24, 2.45) is 0 Å². The first-order valence-electron chi connectivity index (χ1n) is 9.89. The van der Waals surface area contributed by atoms with Crippen molar-refractivity contribution in [2.45, 2.75) is 39.5 Å². The van der Waals surface area contributed by atoms with Crippen LogP contribution in [0.3, 0.4) is 0 Å². The van der Waals surface area contributed by atoms with Crippen LogP contribution >= 0.6 is 0 Å². The van der Waals surface area contributed by atoms with Crippen LogP contribution in [0, 0.1) is 5.82 Å². The molecule has 4 aromatic rings. The van der Waals surface area contributed by atoms with Crippen LogP contribution in [0.15, 0.2) is 63.8 Å². The lowest BCUT2D eigenvalue weighted by Gasteiger charge is -2.09. The molecule has 0 fully saturated rings. The first-order valence-corrected chi connectivity index (χ1v) is 9.89. The predicted octanol–water partition coefficient (Wildman–Crippen LogP) is 6.66. The number of rotatable bonds is 5. The van der Waals surface area contributed by atoms with Crippen molar-refractivity contribution in [3.63, 3.8) is 0 Å². The number of aryl methyl sites for hydroxylation is 2. The van der Waals surface area contributed by atoms with Crippen molar-refractivity contribution >= 4 is 21.7 Å². The van der Waals surface area contributed by atoms with Crippen LogP contribution in [0.25, 0.3) is 32.9 Å². The minimum atomic E-state index is -0.504. The normalized spacial score (nSPS) is 11.4. The maximum Gasteiger partial charge on any atom is 0.344 e. The standard InChI is InChI=1S/C25H23FO2/c1-3-5-6-16-7-9-18(10-8-16)19-12-13-20-21-14-11-17(4-2)23(26)24(21)28-25(27)22(20)15-19/h7-15H,3-6H2,1-2H3. The highest BCUT2D eigenvalue weighted by Crippen LogP contribution is 2.30. The van der Waals surface area contributed by atoms with Gasteiger partial charge in [0, 0.05) is 10.8 Å². The molecule has 0 spiro atoms. The molecule has 2 nitrogen and oxygen atoms in total. The van der Waals surface area contributed by atoms with Gasteiger partial charge in [0.05, 0.1) is 5.39 Å². The molecule has 3 heteroatoms. The third-order valence-electron chi connectivity index (χ3n) is 5.39. The average Bonchev–Trinajstić information content (AvgIpc) is 2.73. The first-order chi connectivity index (χ1) is 13.6. The van der Waals surface area contributed by atoms with Crippen LogP contribution in [-0.4, -0.2) is 0 Å². The van der Waals surface area contributed by atoms with Gasteiger partial charge in [0.1, 0.15) is 0 Å². The number of benzene rings is 3. The lowest BCUT2D eigenvalue weighted by Crippen LogP contribution is -2.02. The predicted molar refractivity (Wildman–Crippen MR) is 113 cm³/mol. The molecule has 0 amide bonds. The summed E-state index contributed by atoms with van der Waals surface area (Å²) in [6.45, 7) is 4.07. The maximum absolute atomic E-state index is 14.6. The molecule has 0 saturated heterocycles. The summed E-state index contributed by atoms with van der Waals surface area (Å²) < 4.78 is 20.0. The van der Waals surface area contributed by atoms with Gasteiger partial charge in [-0.15, -0.1) is 0 Å². The highest BCUT2D eigenvalue weighted by atomic mass is 19.1. The lowest BCUT2D eigenvalue weighted by molar-refractivity contribution is 0.525. The van der Waals surface area contributed by atoms with E-state index < -0.39 is 11.4 Å². The molecule has 0 radical (unpaired) electrons. The Bertz CT molecular complexity index is 1200. The second-order valence-electron chi connectivity index (χ2n) is 7.22. The Morgan fingerprint density at radius 1 is 0.857 bits per heavy atom. The summed E-state index contributed by atoms with van der Waals surface area (Å²) in [7, 11) is 0. The van der Waals surface area contributed by atoms with E-state index in [9.17, 15) is 9.18 Å². The summed E-state index contributed by atoms with van der Waals surface area (Å²) in [6.07, 6.45) is 3.99. The van der Waals surface area contributed by atoms with Crippen molar-refractivity contribution in [3.8, 4) is 11.1 Å². The maximum atomic E-state index is 14.6. The third-order valence-corrected chi connectivity index (χ3v) is 5.39. The molecule has 0 unspecified atom stereocenters. The van der Waals surface area contributed by atoms with Crippen molar-refractivity contribution in [3.05, 3.63) is 82.0 Å². The Balaban J connectivity index is 1.82. The fourth-order valence-corrected chi connectivity index (χ4v) is 3.70. The van der Waals surface area contributed by atoms with Crippen LogP contribution in [0.2, 0.25) is 0 Å². The Morgan fingerprint density at radius 2 is 1.57 bits per heavy atom. The van der Waals surface area contributed by atoms with Gasteiger partial charge in [0.25, 0.3) is 0 Å². The highest BCUT2D eigenvalue weighted by Gasteiger charge is 2.14. The zero-order chi connectivity index (χ0) is 19.7. The van der Waals surface area contributed by atoms with Gasteiger partial charge in [0.2, 0.25) is 0 Å². The summed E-state index contributed by atoms with van der Waals surface area (Å²) in [5, 5.41) is 1.82. The Hall–Kier alpha value is -2.94. The van der Waals surface area contributed by atoms with E-state index in [1.165, 1.54) is 18.4 Å². The molecule has 0 aliphatic rings. The minimum absolute atomic E-state index is 0.0462. The molecule has 0 saturated carbocycles. The van der Waals surface area contributed by atoms with E-state index in [1.54, 1.807) is 6.07 Å². The smallest absolute Gasteiger partial charge is 0.344 e. The molecule has 3 aromatic carbocycles. The number of hydrogen-bond donors (Lipinski definition) is 0. The topological polar surface area (TPSA) is 30.2 Å². The lowest BCUT2D eigenvalue weighted by atomic mass is 9.98. The van der Waals surface area contributed by atoms with Crippen LogP contribution < -0.4 is 5.63 Å². The van der Waals surface area contributed by atoms with Crippen LogP contribution in [0.4, 0.5) is 4.39 Å². The zero-order valence-corrected chi connectivity index (χ0v) is 16.2. The number of unbranched alkanes of at least 4 members (excludes halogenated alkanes) is 1. The van der Waals surface area contributed by atoms with Crippen molar-refractivity contribution in [1.29, 1.82) is 0 Å². The van der Waals surface area contributed by atoms with Gasteiger partial charge in [-0.3, -0.25) is 0 Å². The molecule has 0 N–H and O–H groups in total. The number of fused-ring (bicyclic) bond motifs is 3. The first kappa shape index (κ1) is 18.4. The number of hydrogen-bond acceptors (Lipinski definition) is 2. The van der Waals surface area contributed by atoms with Crippen LogP contribution in [-0.2, 0) is 12.8 Å². The summed E-state index contributed by atoms with van der Waals surface area (Å²) in [4.78, 5) is 12.6. The van der Waals surface area contributed by atoms with Crippen LogP contribution in [0.1, 0.15) is 37.8 Å². The third kappa shape index (κ3) is 3.22. The van der Waals surface area contributed by atoms with Crippen LogP contribution in [0.5, 0.6) is 0 Å². The molecule has 0 atom stereocenters. The van der Waals surface area contributed by atoms with Gasteiger partial charge in [-0.25, -0.2) is 9.18 Å². The SMILES string of the molecule is CCCCc1ccc(-c2ccc3c(c2)c(=O)oc2c(F)c(CC)ccc23)cc1. The molecule has 142 valence electrons. The van der Waals surface area contributed by atoms with E-state index in [1.807, 2.05) is 31.2 Å². The van der Waals surface area contributed by atoms with Gasteiger partial charge in [-0.1, -0.05) is 68.8 Å². The Labute approximate surface area is 163 Å². The van der Waals surface area contributed by atoms with Gasteiger partial charge in [0.15, 0.2) is 11.4 Å². The highest BCUT2D eigenvalue weighted by molar-refractivity contribution is 6.05. The monoisotopic (exact) mass is 374 g/mol. The molecule has 0 aliphatic carbocycles. The average molecular weight is 374 g/mol. The zero-order valence-electron chi connectivity index (χ0n) is 16.2. The van der Waals surface area contributed by atoms with Gasteiger partial charge >= 0.3 is 5.63 Å². The van der Waals surface area contributed by atoms with E-state index >= 15 is 0 Å². The second-order valence-corrected chi connectivity index (χ2v) is 7.22. The van der Waals surface area contributed by atoms with Crippen molar-refractivity contribution in [1.82, 2.24) is 0 Å². The molecule has 4 rings (SSSR count). The van der Waals surface area contributed by atoms with E-state index in [4.69, 9.17) is 4.42 Å². The van der Waals surface area contributed by atoms with E-state index in [2.05, 4.69) is 31.2 Å². The van der Waals surface area contributed by atoms with Gasteiger partial charge < -0.3 is 4.42 Å². The van der Waals surface area contributed by atoms with E-state index in [0.717, 1.165) is 22.9 Å². The summed E-state index contributed by atoms with van der Waals surface area (Å²) in [6, 6.07) is 17.8. The Morgan fingerprint density at radius 3 is 2.29 bits per heavy atom. The molecule has 1 heterocycles. The summed E-state index contributed by atoms with van der Waals surface area (Å²) in [5.41, 5.74) is 3.41. The fraction of sp³-hybridized carbons (Fsp3) is 0.240. The van der Waals surface area contributed by atoms with Gasteiger partial charge in [-0.2, -0.15) is 0 Å². The minimum Gasteiger partial charge on any atom is -0.419 e. The largest absolute Gasteiger partial charge is 0.419 e. The Kier molecular flexibility index (Phi) is 4.99.